The summed E-state index contributed by atoms with van der Waals surface area (Å²) in [5, 5.41) is 30.0. The zero-order valence-electron chi connectivity index (χ0n) is 15.0. The van der Waals surface area contributed by atoms with Crippen LogP contribution in [0.5, 0.6) is 17.2 Å². The molecule has 0 heterocycles. The largest absolute Gasteiger partial charge is 0.507 e. The molecule has 0 aromatic heterocycles. The lowest BCUT2D eigenvalue weighted by atomic mass is 9.95. The molecule has 3 aromatic carbocycles. The van der Waals surface area contributed by atoms with E-state index in [0.717, 1.165) is 17.7 Å². The van der Waals surface area contributed by atoms with Crippen LogP contribution < -0.4 is 0 Å². The third kappa shape index (κ3) is 4.08. The fourth-order valence-corrected chi connectivity index (χ4v) is 2.80. The van der Waals surface area contributed by atoms with Crippen LogP contribution in [0.25, 0.3) is 0 Å². The summed E-state index contributed by atoms with van der Waals surface area (Å²) >= 11 is 0. The Morgan fingerprint density at radius 1 is 0.828 bits per heavy atom. The van der Waals surface area contributed by atoms with Gasteiger partial charge in [0, 0.05) is 5.56 Å². The fraction of sp³-hybridized carbons (Fsp3) is 0.0455. The Labute approximate surface area is 165 Å². The van der Waals surface area contributed by atoms with E-state index in [-0.39, 0.29) is 24.0 Å². The van der Waals surface area contributed by atoms with Gasteiger partial charge >= 0.3 is 5.97 Å². The van der Waals surface area contributed by atoms with Crippen molar-refractivity contribution < 1.29 is 34.4 Å². The van der Waals surface area contributed by atoms with Crippen LogP contribution in [0.15, 0.2) is 60.7 Å². The van der Waals surface area contributed by atoms with E-state index < -0.39 is 40.1 Å². The van der Waals surface area contributed by atoms with Gasteiger partial charge in [0.25, 0.3) is 0 Å². The van der Waals surface area contributed by atoms with Crippen molar-refractivity contribution in [3.8, 4) is 17.2 Å². The zero-order valence-corrected chi connectivity index (χ0v) is 15.0. The number of ketones is 1. The van der Waals surface area contributed by atoms with Gasteiger partial charge < -0.3 is 20.1 Å². The number of carbonyl (C=O) groups excluding carboxylic acids is 3. The van der Waals surface area contributed by atoms with Crippen LogP contribution in [-0.4, -0.2) is 33.4 Å². The fourth-order valence-electron chi connectivity index (χ4n) is 2.80. The van der Waals surface area contributed by atoms with Gasteiger partial charge in [-0.25, -0.2) is 4.79 Å². The van der Waals surface area contributed by atoms with E-state index in [1.165, 1.54) is 18.2 Å². The molecule has 3 rings (SSSR count). The van der Waals surface area contributed by atoms with Crippen molar-refractivity contribution >= 4 is 18.0 Å². The predicted octanol–water partition coefficient (Wildman–Crippen LogP) is 3.20. The number of ether oxygens (including phenoxy) is 1. The number of phenolic OH excluding ortho intramolecular Hbond substituents is 3. The lowest BCUT2D eigenvalue weighted by Crippen LogP contribution is -2.10. The molecule has 3 aromatic rings. The van der Waals surface area contributed by atoms with Gasteiger partial charge in [0.15, 0.2) is 6.29 Å². The highest BCUT2D eigenvalue weighted by molar-refractivity contribution is 6.17. The Balaban J connectivity index is 1.92. The van der Waals surface area contributed by atoms with Gasteiger partial charge in [-0.3, -0.25) is 9.59 Å². The van der Waals surface area contributed by atoms with Crippen LogP contribution >= 0.6 is 0 Å². The first-order valence-electron chi connectivity index (χ1n) is 8.51. The molecule has 7 nitrogen and oxygen atoms in total. The average molecular weight is 392 g/mol. The summed E-state index contributed by atoms with van der Waals surface area (Å²) in [6.45, 7) is -0.0106. The molecule has 0 aliphatic heterocycles. The first kappa shape index (κ1) is 19.6. The molecule has 0 saturated heterocycles. The smallest absolute Gasteiger partial charge is 0.338 e. The molecule has 0 bridgehead atoms. The first-order valence-corrected chi connectivity index (χ1v) is 8.51. The quantitative estimate of drug-likeness (QED) is 0.335. The van der Waals surface area contributed by atoms with Crippen LogP contribution in [0.2, 0.25) is 0 Å². The average Bonchev–Trinajstić information content (AvgIpc) is 2.71. The maximum Gasteiger partial charge on any atom is 0.338 e. The summed E-state index contributed by atoms with van der Waals surface area (Å²) in [5.74, 6) is -3.45. The van der Waals surface area contributed by atoms with Gasteiger partial charge in [-0.2, -0.15) is 0 Å². The summed E-state index contributed by atoms with van der Waals surface area (Å²) in [7, 11) is 0. The Bertz CT molecular complexity index is 1070. The van der Waals surface area contributed by atoms with Gasteiger partial charge in [-0.1, -0.05) is 36.4 Å². The second-order valence-electron chi connectivity index (χ2n) is 6.14. The lowest BCUT2D eigenvalue weighted by Gasteiger charge is -2.12. The van der Waals surface area contributed by atoms with E-state index in [4.69, 9.17) is 4.74 Å². The van der Waals surface area contributed by atoms with Gasteiger partial charge in [-0.05, 0) is 29.8 Å². The van der Waals surface area contributed by atoms with E-state index in [9.17, 15) is 29.7 Å². The predicted molar refractivity (Wildman–Crippen MR) is 102 cm³/mol. The second kappa shape index (κ2) is 8.26. The van der Waals surface area contributed by atoms with Crippen molar-refractivity contribution in [2.45, 2.75) is 6.61 Å². The Morgan fingerprint density at radius 3 is 2.10 bits per heavy atom. The van der Waals surface area contributed by atoms with E-state index in [1.54, 1.807) is 24.3 Å². The minimum Gasteiger partial charge on any atom is -0.507 e. The SMILES string of the molecule is O=Cc1cc(C(=O)OCc2ccccc2)cc(O)c1C(=O)c1c(O)cccc1O. The molecule has 0 aliphatic carbocycles. The molecular weight excluding hydrogens is 376 g/mol. The molecule has 0 aliphatic rings. The summed E-state index contributed by atoms with van der Waals surface area (Å²) in [4.78, 5) is 36.5. The number of phenols is 3. The number of hydrogen-bond donors (Lipinski definition) is 3. The minimum atomic E-state index is -0.968. The molecule has 0 spiro atoms. The van der Waals surface area contributed by atoms with Gasteiger partial charge in [0.1, 0.15) is 29.4 Å². The topological polar surface area (TPSA) is 121 Å². The van der Waals surface area contributed by atoms with Crippen molar-refractivity contribution in [3.63, 3.8) is 0 Å². The zero-order chi connectivity index (χ0) is 21.0. The lowest BCUT2D eigenvalue weighted by molar-refractivity contribution is 0.0472. The standard InChI is InChI=1S/C22H16O7/c23-11-15-9-14(22(28)29-12-13-5-2-1-3-6-13)10-18(26)19(15)21(27)20-16(24)7-4-8-17(20)25/h1-11,24-26H,12H2. The maximum atomic E-state index is 12.7. The van der Waals surface area contributed by atoms with Crippen molar-refractivity contribution in [1.29, 1.82) is 0 Å². The van der Waals surface area contributed by atoms with Crippen LogP contribution in [0.4, 0.5) is 0 Å². The Kier molecular flexibility index (Phi) is 5.59. The first-order chi connectivity index (χ1) is 13.9. The highest BCUT2D eigenvalue weighted by Gasteiger charge is 2.25. The minimum absolute atomic E-state index is 0.0106. The highest BCUT2D eigenvalue weighted by atomic mass is 16.5. The molecule has 29 heavy (non-hydrogen) atoms. The summed E-state index contributed by atoms with van der Waals surface area (Å²) < 4.78 is 5.16. The van der Waals surface area contributed by atoms with E-state index >= 15 is 0 Å². The van der Waals surface area contributed by atoms with Crippen molar-refractivity contribution in [2.75, 3.05) is 0 Å². The Hall–Kier alpha value is -4.13. The number of rotatable bonds is 6. The maximum absolute atomic E-state index is 12.7. The number of aromatic hydroxyl groups is 3. The van der Waals surface area contributed by atoms with E-state index in [2.05, 4.69) is 0 Å². The Morgan fingerprint density at radius 2 is 1.48 bits per heavy atom. The van der Waals surface area contributed by atoms with E-state index in [0.29, 0.717) is 0 Å². The van der Waals surface area contributed by atoms with Crippen molar-refractivity contribution in [2.24, 2.45) is 0 Å². The molecule has 0 saturated carbocycles. The normalized spacial score (nSPS) is 10.3. The molecule has 146 valence electrons. The molecule has 0 atom stereocenters. The molecule has 3 N–H and O–H groups in total. The van der Waals surface area contributed by atoms with Crippen LogP contribution in [0.1, 0.15) is 42.2 Å². The number of esters is 1. The molecule has 0 unspecified atom stereocenters. The van der Waals surface area contributed by atoms with Gasteiger partial charge in [-0.15, -0.1) is 0 Å². The third-order valence-corrected chi connectivity index (χ3v) is 4.20. The molecule has 7 heteroatoms. The number of aldehydes is 1. The number of benzene rings is 3. The molecule has 0 fully saturated rings. The van der Waals surface area contributed by atoms with Gasteiger partial charge in [0.2, 0.25) is 5.78 Å². The summed E-state index contributed by atoms with van der Waals surface area (Å²) in [6.07, 6.45) is 0.290. The third-order valence-electron chi connectivity index (χ3n) is 4.20. The number of carbonyl (C=O) groups is 3. The molecule has 0 radical (unpaired) electrons. The van der Waals surface area contributed by atoms with Crippen molar-refractivity contribution in [1.82, 2.24) is 0 Å². The highest BCUT2D eigenvalue weighted by Crippen LogP contribution is 2.33. The summed E-state index contributed by atoms with van der Waals surface area (Å²) in [5.41, 5.74) is -0.577. The van der Waals surface area contributed by atoms with Crippen LogP contribution in [0, 0.1) is 0 Å². The molecular formula is C22H16O7. The van der Waals surface area contributed by atoms with Crippen molar-refractivity contribution in [3.05, 3.63) is 88.5 Å². The van der Waals surface area contributed by atoms with Crippen LogP contribution in [-0.2, 0) is 11.3 Å². The van der Waals surface area contributed by atoms with Crippen LogP contribution in [0.3, 0.4) is 0 Å². The van der Waals surface area contributed by atoms with Gasteiger partial charge in [0.05, 0.1) is 11.1 Å². The van der Waals surface area contributed by atoms with E-state index in [1.807, 2.05) is 6.07 Å². The molecule has 0 amide bonds. The monoisotopic (exact) mass is 392 g/mol. The summed E-state index contributed by atoms with van der Waals surface area (Å²) in [6, 6.07) is 14.7. The second-order valence-corrected chi connectivity index (χ2v) is 6.14. The number of hydrogen-bond acceptors (Lipinski definition) is 7.